The number of nitrogens with zero attached hydrogens (tertiary/aromatic N) is 4. The van der Waals surface area contributed by atoms with E-state index in [0.717, 1.165) is 56.7 Å². The number of benzene rings is 1. The van der Waals surface area contributed by atoms with Gasteiger partial charge in [0, 0.05) is 19.5 Å². The number of aryl methyl sites for hydroxylation is 1. The van der Waals surface area contributed by atoms with Gasteiger partial charge in [-0.2, -0.15) is 4.31 Å². The predicted octanol–water partition coefficient (Wildman–Crippen LogP) is 3.84. The molecular weight excluding hydrogens is 395 g/mol. The van der Waals surface area contributed by atoms with Crippen LogP contribution < -0.4 is 0 Å². The third-order valence-corrected chi connectivity index (χ3v) is 7.99. The molecule has 2 aliphatic rings. The molecule has 2 aliphatic heterocycles. The van der Waals surface area contributed by atoms with Crippen molar-refractivity contribution in [3.05, 3.63) is 39.9 Å². The summed E-state index contributed by atoms with van der Waals surface area (Å²) in [4.78, 5) is -0.0198. The lowest BCUT2D eigenvalue weighted by atomic mass is 10.0. The summed E-state index contributed by atoms with van der Waals surface area (Å²) in [5.41, 5.74) is 0. The van der Waals surface area contributed by atoms with E-state index >= 15 is 0 Å². The van der Waals surface area contributed by atoms with Gasteiger partial charge in [-0.3, -0.25) is 0 Å². The predicted molar refractivity (Wildman–Crippen MR) is 99.9 cm³/mol. The Bertz CT molecular complexity index is 909. The Balaban J connectivity index is 1.78. The van der Waals surface area contributed by atoms with E-state index in [2.05, 4.69) is 14.8 Å². The van der Waals surface area contributed by atoms with Crippen LogP contribution in [0.1, 0.15) is 49.8 Å². The molecule has 3 heterocycles. The smallest absolute Gasteiger partial charge is 0.246 e. The van der Waals surface area contributed by atoms with Crippen LogP contribution in [0.2, 0.25) is 10.0 Å². The molecule has 140 valence electrons. The fourth-order valence-corrected chi connectivity index (χ4v) is 6.62. The number of piperidine rings is 1. The number of hydrogen-bond donors (Lipinski definition) is 0. The number of sulfonamides is 1. The van der Waals surface area contributed by atoms with E-state index in [9.17, 15) is 8.42 Å². The minimum atomic E-state index is -3.84. The second-order valence-electron chi connectivity index (χ2n) is 6.76. The Morgan fingerprint density at radius 3 is 2.50 bits per heavy atom. The van der Waals surface area contributed by atoms with Crippen LogP contribution in [0.5, 0.6) is 0 Å². The van der Waals surface area contributed by atoms with Crippen LogP contribution in [0.15, 0.2) is 23.1 Å². The molecule has 1 aromatic heterocycles. The Labute approximate surface area is 163 Å². The Morgan fingerprint density at radius 1 is 1.00 bits per heavy atom. The highest BCUT2D eigenvalue weighted by atomic mass is 35.5. The molecule has 0 saturated carbocycles. The zero-order valence-electron chi connectivity index (χ0n) is 14.2. The topological polar surface area (TPSA) is 68.1 Å². The van der Waals surface area contributed by atoms with Gasteiger partial charge < -0.3 is 4.57 Å². The molecule has 0 radical (unpaired) electrons. The quantitative estimate of drug-likeness (QED) is 0.764. The molecule has 2 aromatic rings. The van der Waals surface area contributed by atoms with Gasteiger partial charge >= 0.3 is 0 Å². The lowest BCUT2D eigenvalue weighted by Gasteiger charge is -2.34. The fraction of sp³-hybridized carbons (Fsp3) is 0.529. The van der Waals surface area contributed by atoms with E-state index in [1.807, 2.05) is 0 Å². The van der Waals surface area contributed by atoms with Gasteiger partial charge in [-0.05, 0) is 37.8 Å². The van der Waals surface area contributed by atoms with Crippen LogP contribution >= 0.6 is 23.2 Å². The van der Waals surface area contributed by atoms with Crippen molar-refractivity contribution in [2.75, 3.05) is 6.54 Å². The molecule has 9 heteroatoms. The molecule has 0 N–H and O–H groups in total. The number of fused-ring (bicyclic) bond motifs is 1. The number of halogens is 2. The first-order chi connectivity index (χ1) is 12.5. The summed E-state index contributed by atoms with van der Waals surface area (Å²) in [5, 5.41) is 8.95. The first kappa shape index (κ1) is 18.2. The minimum Gasteiger partial charge on any atom is -0.314 e. The molecule has 0 aliphatic carbocycles. The Kier molecular flexibility index (Phi) is 4.98. The van der Waals surface area contributed by atoms with E-state index < -0.39 is 10.0 Å². The summed E-state index contributed by atoms with van der Waals surface area (Å²) in [6.45, 7) is 1.27. The SMILES string of the molecule is O=S(=O)(c1c(Cl)cccc1Cl)N1CCCCC1c1nnc2n1CCCC2. The van der Waals surface area contributed by atoms with E-state index in [0.29, 0.717) is 6.54 Å². The van der Waals surface area contributed by atoms with Crippen molar-refractivity contribution >= 4 is 33.2 Å². The summed E-state index contributed by atoms with van der Waals surface area (Å²) >= 11 is 12.4. The van der Waals surface area contributed by atoms with Gasteiger partial charge in [0.1, 0.15) is 10.7 Å². The largest absolute Gasteiger partial charge is 0.314 e. The first-order valence-electron chi connectivity index (χ1n) is 8.88. The molecule has 1 unspecified atom stereocenters. The van der Waals surface area contributed by atoms with Gasteiger partial charge in [0.05, 0.1) is 16.1 Å². The fourth-order valence-electron chi connectivity index (χ4n) is 3.87. The van der Waals surface area contributed by atoms with Crippen molar-refractivity contribution in [2.45, 2.75) is 56.0 Å². The van der Waals surface area contributed by atoms with E-state index in [1.165, 1.54) is 4.31 Å². The lowest BCUT2D eigenvalue weighted by Crippen LogP contribution is -2.40. The van der Waals surface area contributed by atoms with Crippen molar-refractivity contribution in [1.82, 2.24) is 19.1 Å². The van der Waals surface area contributed by atoms with Crippen molar-refractivity contribution in [1.29, 1.82) is 0 Å². The van der Waals surface area contributed by atoms with Gasteiger partial charge in [0.2, 0.25) is 10.0 Å². The number of hydrogen-bond acceptors (Lipinski definition) is 4. The molecular formula is C17H20Cl2N4O2S. The summed E-state index contributed by atoms with van der Waals surface area (Å²) in [6.07, 6.45) is 5.53. The van der Waals surface area contributed by atoms with Crippen molar-refractivity contribution in [3.8, 4) is 0 Å². The minimum absolute atomic E-state index is 0.0198. The van der Waals surface area contributed by atoms with Crippen LogP contribution in [0, 0.1) is 0 Å². The van der Waals surface area contributed by atoms with E-state index in [-0.39, 0.29) is 21.0 Å². The zero-order chi connectivity index (χ0) is 18.3. The summed E-state index contributed by atoms with van der Waals surface area (Å²) < 4.78 is 30.4. The van der Waals surface area contributed by atoms with Gasteiger partial charge in [0.25, 0.3) is 0 Å². The zero-order valence-corrected chi connectivity index (χ0v) is 16.6. The maximum absolute atomic E-state index is 13.4. The highest BCUT2D eigenvalue weighted by molar-refractivity contribution is 7.89. The van der Waals surface area contributed by atoms with Crippen LogP contribution in [-0.4, -0.2) is 34.0 Å². The highest BCUT2D eigenvalue weighted by Gasteiger charge is 2.39. The number of aromatic nitrogens is 3. The third kappa shape index (κ3) is 3.05. The summed E-state index contributed by atoms with van der Waals surface area (Å²) in [5.74, 6) is 1.69. The normalized spacial score (nSPS) is 21.5. The summed E-state index contributed by atoms with van der Waals surface area (Å²) in [7, 11) is -3.84. The molecule has 1 saturated heterocycles. The number of rotatable bonds is 3. The van der Waals surface area contributed by atoms with E-state index in [4.69, 9.17) is 23.2 Å². The molecule has 4 rings (SSSR count). The second kappa shape index (κ2) is 7.11. The second-order valence-corrected chi connectivity index (χ2v) is 9.40. The highest BCUT2D eigenvalue weighted by Crippen LogP contribution is 2.39. The first-order valence-corrected chi connectivity index (χ1v) is 11.1. The molecule has 26 heavy (non-hydrogen) atoms. The molecule has 1 fully saturated rings. The maximum atomic E-state index is 13.4. The van der Waals surface area contributed by atoms with Crippen LogP contribution in [0.3, 0.4) is 0 Å². The standard InChI is InChI=1S/C17H20Cl2N4O2S/c18-12-6-5-7-13(19)16(12)26(24,25)23-11-4-1-8-14(23)17-21-20-15-9-2-3-10-22(15)17/h5-7,14H,1-4,8-11H2. The van der Waals surface area contributed by atoms with Crippen LogP contribution in [0.25, 0.3) is 0 Å². The Morgan fingerprint density at radius 2 is 1.73 bits per heavy atom. The van der Waals surface area contributed by atoms with Gasteiger partial charge in [-0.25, -0.2) is 8.42 Å². The molecule has 0 amide bonds. The summed E-state index contributed by atoms with van der Waals surface area (Å²) in [6, 6.07) is 4.42. The third-order valence-electron chi connectivity index (χ3n) is 5.13. The molecule has 1 atom stereocenters. The van der Waals surface area contributed by atoms with Crippen molar-refractivity contribution in [3.63, 3.8) is 0 Å². The van der Waals surface area contributed by atoms with Crippen molar-refractivity contribution in [2.24, 2.45) is 0 Å². The lowest BCUT2D eigenvalue weighted by molar-refractivity contribution is 0.239. The van der Waals surface area contributed by atoms with Gasteiger partial charge in [-0.1, -0.05) is 35.7 Å². The molecule has 1 aromatic carbocycles. The average molecular weight is 415 g/mol. The monoisotopic (exact) mass is 414 g/mol. The van der Waals surface area contributed by atoms with Crippen LogP contribution in [-0.2, 0) is 23.0 Å². The van der Waals surface area contributed by atoms with Gasteiger partial charge in [0.15, 0.2) is 5.82 Å². The van der Waals surface area contributed by atoms with Gasteiger partial charge in [-0.15, -0.1) is 10.2 Å². The molecule has 0 spiro atoms. The Hall–Kier alpha value is -1.15. The maximum Gasteiger partial charge on any atom is 0.246 e. The van der Waals surface area contributed by atoms with E-state index in [1.54, 1.807) is 18.2 Å². The molecule has 0 bridgehead atoms. The van der Waals surface area contributed by atoms with Crippen LogP contribution in [0.4, 0.5) is 0 Å². The van der Waals surface area contributed by atoms with Crippen molar-refractivity contribution < 1.29 is 8.42 Å². The molecule has 6 nitrogen and oxygen atoms in total. The average Bonchev–Trinajstić information content (AvgIpc) is 3.05.